The van der Waals surface area contributed by atoms with Crippen molar-refractivity contribution >= 4 is 53.6 Å². The molecule has 0 aliphatic carbocycles. The highest BCUT2D eigenvalue weighted by Crippen LogP contribution is 2.33. The highest BCUT2D eigenvalue weighted by molar-refractivity contribution is 8.07. The Morgan fingerprint density at radius 3 is 1.96 bits per heavy atom. The number of rotatable bonds is 21. The first kappa shape index (κ1) is 40.5. The fourth-order valence-electron chi connectivity index (χ4n) is 5.22. The monoisotopic (exact) mass is 726 g/mol. The van der Waals surface area contributed by atoms with Crippen molar-refractivity contribution in [3.05, 3.63) is 65.7 Å². The Morgan fingerprint density at radius 2 is 1.39 bits per heavy atom. The molecule has 0 saturated carbocycles. The van der Waals surface area contributed by atoms with Crippen LogP contribution in [0.1, 0.15) is 44.2 Å². The third-order valence-electron chi connectivity index (χ3n) is 7.93. The summed E-state index contributed by atoms with van der Waals surface area (Å²) < 4.78 is 0. The highest BCUT2D eigenvalue weighted by Gasteiger charge is 2.41. The number of phenols is 1. The van der Waals surface area contributed by atoms with Crippen molar-refractivity contribution in [1.82, 2.24) is 26.6 Å². The van der Waals surface area contributed by atoms with Crippen molar-refractivity contribution in [3.63, 3.8) is 0 Å². The van der Waals surface area contributed by atoms with Crippen LogP contribution in [0.4, 0.5) is 0 Å². The number of carboxylic acid groups (broad SMARTS) is 1. The van der Waals surface area contributed by atoms with Gasteiger partial charge in [0, 0.05) is 23.8 Å². The Hall–Kier alpha value is -4.96. The Balaban J connectivity index is 1.74. The largest absolute Gasteiger partial charge is 0.508 e. The molecule has 51 heavy (non-hydrogen) atoms. The van der Waals surface area contributed by atoms with E-state index in [-0.39, 0.29) is 49.1 Å². The fraction of sp³-hybridized carbons (Fsp3) is 0.457. The van der Waals surface area contributed by atoms with Crippen molar-refractivity contribution in [1.29, 1.82) is 0 Å². The number of thioether (sulfide) groups is 1. The van der Waals surface area contributed by atoms with Crippen LogP contribution >= 0.6 is 11.8 Å². The second-order valence-corrected chi connectivity index (χ2v) is 14.0. The van der Waals surface area contributed by atoms with Crippen LogP contribution in [0, 0.1) is 5.92 Å². The molecule has 15 nitrogen and oxygen atoms in total. The van der Waals surface area contributed by atoms with E-state index < -0.39 is 72.1 Å². The second kappa shape index (κ2) is 20.0. The lowest BCUT2D eigenvalue weighted by atomic mass is 10.0. The molecule has 1 fully saturated rings. The summed E-state index contributed by atoms with van der Waals surface area (Å²) in [7, 11) is 0. The number of carbonyl (C=O) groups excluding carboxylic acids is 6. The third-order valence-corrected chi connectivity index (χ3v) is 8.93. The first-order valence-corrected chi connectivity index (χ1v) is 17.7. The molecule has 1 saturated heterocycles. The van der Waals surface area contributed by atoms with E-state index in [1.807, 2.05) is 19.9 Å². The number of nitrogens with one attached hydrogen (secondary N) is 5. The van der Waals surface area contributed by atoms with E-state index in [2.05, 4.69) is 26.6 Å². The minimum atomic E-state index is -1.35. The number of carbonyl (C=O) groups is 7. The fourth-order valence-corrected chi connectivity index (χ4v) is 5.90. The van der Waals surface area contributed by atoms with Crippen molar-refractivity contribution in [2.75, 3.05) is 12.3 Å². The lowest BCUT2D eigenvalue weighted by Crippen LogP contribution is -2.60. The lowest BCUT2D eigenvalue weighted by molar-refractivity contribution is -0.138. The van der Waals surface area contributed by atoms with Gasteiger partial charge in [-0.05, 0) is 48.4 Å². The molecule has 9 N–H and O–H groups in total. The van der Waals surface area contributed by atoms with E-state index in [4.69, 9.17) is 5.73 Å². The standard InChI is InChI=1S/C35H46N6O9S/c1-20(2)14-26(40-33(48)27(38-29(44)17-36)16-21-6-4-3-5-7-21)34(49)41-31(28-19-51-28)35(50)39-25(12-13-30(45)46)32(47)37-23(18-42)15-22-8-10-24(43)11-9-22/h3-11,18,20,23,25-28,31,43H,12-17,19,36H2,1-2H3,(H,37,47)(H,38,44)(H,39,50)(H,40,48)(H,41,49)(H,45,46)/t23-,25-,26-,27-,28-,31?/m0/s1. The van der Waals surface area contributed by atoms with E-state index >= 15 is 0 Å². The number of aromatic hydroxyl groups is 1. The normalized spacial score (nSPS) is 16.4. The maximum absolute atomic E-state index is 13.7. The predicted octanol–water partition coefficient (Wildman–Crippen LogP) is -0.215. The molecule has 276 valence electrons. The van der Waals surface area contributed by atoms with E-state index in [0.29, 0.717) is 17.6 Å². The number of carboxylic acids is 1. The molecule has 1 aliphatic rings. The summed E-state index contributed by atoms with van der Waals surface area (Å²) in [4.78, 5) is 89.5. The van der Waals surface area contributed by atoms with E-state index in [9.17, 15) is 43.8 Å². The molecule has 0 bridgehead atoms. The van der Waals surface area contributed by atoms with Crippen molar-refractivity contribution in [2.24, 2.45) is 11.7 Å². The quantitative estimate of drug-likeness (QED) is 0.0618. The average Bonchev–Trinajstić information content (AvgIpc) is 3.94. The summed E-state index contributed by atoms with van der Waals surface area (Å²) in [6.07, 6.45) is 0.170. The number of amides is 5. The molecular weight excluding hydrogens is 680 g/mol. The van der Waals surface area contributed by atoms with E-state index in [1.165, 1.54) is 23.9 Å². The van der Waals surface area contributed by atoms with Crippen molar-refractivity contribution < 1.29 is 43.8 Å². The summed E-state index contributed by atoms with van der Waals surface area (Å²) in [6.45, 7) is 3.36. The summed E-state index contributed by atoms with van der Waals surface area (Å²) in [5, 5.41) is 31.6. The van der Waals surface area contributed by atoms with Gasteiger partial charge in [-0.3, -0.25) is 28.8 Å². The highest BCUT2D eigenvalue weighted by atomic mass is 32.2. The summed E-state index contributed by atoms with van der Waals surface area (Å²) in [5.41, 5.74) is 6.88. The topological polar surface area (TPSA) is 246 Å². The maximum Gasteiger partial charge on any atom is 0.303 e. The minimum absolute atomic E-state index is 0.0264. The lowest BCUT2D eigenvalue weighted by Gasteiger charge is -2.27. The zero-order valence-electron chi connectivity index (χ0n) is 28.5. The number of aldehydes is 1. The van der Waals surface area contributed by atoms with Gasteiger partial charge in [0.2, 0.25) is 29.5 Å². The molecule has 0 radical (unpaired) electrons. The Labute approximate surface area is 300 Å². The van der Waals surface area contributed by atoms with Gasteiger partial charge in [-0.25, -0.2) is 0 Å². The van der Waals surface area contributed by atoms with Crippen LogP contribution in [-0.2, 0) is 46.4 Å². The number of phenolic OH excluding ortho intramolecular Hbond substituents is 1. The molecule has 0 spiro atoms. The zero-order valence-corrected chi connectivity index (χ0v) is 29.3. The van der Waals surface area contributed by atoms with Crippen LogP contribution in [0.2, 0.25) is 0 Å². The Kier molecular flexibility index (Phi) is 15.9. The molecule has 2 aromatic carbocycles. The number of nitrogens with two attached hydrogens (primary N) is 1. The number of hydrogen-bond acceptors (Lipinski definition) is 10. The van der Waals surface area contributed by atoms with Gasteiger partial charge < -0.3 is 47.3 Å². The third kappa shape index (κ3) is 14.1. The summed E-state index contributed by atoms with van der Waals surface area (Å²) >= 11 is 1.39. The molecule has 1 heterocycles. The zero-order chi connectivity index (χ0) is 37.5. The minimum Gasteiger partial charge on any atom is -0.508 e. The molecule has 1 unspecified atom stereocenters. The predicted molar refractivity (Wildman–Crippen MR) is 189 cm³/mol. The van der Waals surface area contributed by atoms with Gasteiger partial charge in [0.25, 0.3) is 0 Å². The molecule has 2 aromatic rings. The second-order valence-electron chi connectivity index (χ2n) is 12.7. The molecule has 5 amide bonds. The van der Waals surface area contributed by atoms with E-state index in [0.717, 1.165) is 5.56 Å². The van der Waals surface area contributed by atoms with Gasteiger partial charge in [-0.1, -0.05) is 56.3 Å². The Morgan fingerprint density at radius 1 is 0.804 bits per heavy atom. The number of hydrogen-bond donors (Lipinski definition) is 8. The van der Waals surface area contributed by atoms with Crippen molar-refractivity contribution in [2.45, 2.75) is 81.4 Å². The first-order chi connectivity index (χ1) is 24.3. The molecule has 3 rings (SSSR count). The van der Waals surface area contributed by atoms with Gasteiger partial charge in [0.05, 0.1) is 12.6 Å². The SMILES string of the molecule is CC(C)C[C@H](NC(=O)[C@H](Cc1ccccc1)NC(=O)CN)C(=O)NC(C(=O)N[C@@H](CCC(=O)O)C(=O)N[C@H](C=O)Cc1ccc(O)cc1)[C@@H]1CS1. The Bertz CT molecular complexity index is 1520. The van der Waals surface area contributed by atoms with Crippen LogP contribution in [0.15, 0.2) is 54.6 Å². The number of aliphatic carboxylic acids is 1. The number of benzene rings is 2. The van der Waals surface area contributed by atoms with Crippen LogP contribution in [0.3, 0.4) is 0 Å². The summed E-state index contributed by atoms with van der Waals surface area (Å²) in [6, 6.07) is 9.37. The van der Waals surface area contributed by atoms with Crippen LogP contribution in [-0.4, -0.2) is 99.8 Å². The van der Waals surface area contributed by atoms with E-state index in [1.54, 1.807) is 36.4 Å². The van der Waals surface area contributed by atoms with Gasteiger partial charge in [-0.2, -0.15) is 11.8 Å². The average molecular weight is 727 g/mol. The molecular formula is C35H46N6O9S. The van der Waals surface area contributed by atoms with Crippen molar-refractivity contribution in [3.8, 4) is 5.75 Å². The smallest absolute Gasteiger partial charge is 0.303 e. The first-order valence-electron chi connectivity index (χ1n) is 16.6. The van der Waals surface area contributed by atoms with Gasteiger partial charge >= 0.3 is 5.97 Å². The van der Waals surface area contributed by atoms with Gasteiger partial charge in [0.1, 0.15) is 36.2 Å². The summed E-state index contributed by atoms with van der Waals surface area (Å²) in [5.74, 6) is -4.08. The van der Waals surface area contributed by atoms with Crippen LogP contribution < -0.4 is 32.3 Å². The molecule has 1 aliphatic heterocycles. The maximum atomic E-state index is 13.7. The van der Waals surface area contributed by atoms with Gasteiger partial charge in [-0.15, -0.1) is 0 Å². The molecule has 0 aromatic heterocycles. The molecule has 16 heteroatoms. The van der Waals surface area contributed by atoms with Crippen LogP contribution in [0.25, 0.3) is 0 Å². The molecule has 6 atom stereocenters. The van der Waals surface area contributed by atoms with Gasteiger partial charge in [0.15, 0.2) is 0 Å². The van der Waals surface area contributed by atoms with Crippen LogP contribution in [0.5, 0.6) is 5.75 Å².